The summed E-state index contributed by atoms with van der Waals surface area (Å²) >= 11 is 0. The van der Waals surface area contributed by atoms with E-state index < -0.39 is 10.9 Å². The molecule has 1 N–H and O–H groups in total. The van der Waals surface area contributed by atoms with Gasteiger partial charge in [-0.2, -0.15) is 0 Å². The first kappa shape index (κ1) is 15.2. The van der Waals surface area contributed by atoms with Crippen molar-refractivity contribution in [1.82, 2.24) is 4.90 Å². The van der Waals surface area contributed by atoms with E-state index in [9.17, 15) is 14.9 Å². The van der Waals surface area contributed by atoms with Crippen LogP contribution in [0.25, 0.3) is 0 Å². The summed E-state index contributed by atoms with van der Waals surface area (Å²) < 4.78 is 5.57. The molecule has 0 aromatic heterocycles. The second-order valence-electron chi connectivity index (χ2n) is 5.18. The number of nitro groups is 1. The Morgan fingerprint density at radius 3 is 2.90 bits per heavy atom. The lowest BCUT2D eigenvalue weighted by Gasteiger charge is -2.32. The Balaban J connectivity index is 2.14. The van der Waals surface area contributed by atoms with Crippen LogP contribution >= 0.6 is 0 Å². The number of piperidine rings is 1. The van der Waals surface area contributed by atoms with Crippen LogP contribution in [0.2, 0.25) is 0 Å². The SMILES string of the molecule is CN1CCCCC1COc1cc([N+](=O)[O-])ccc1C(=O)O. The van der Waals surface area contributed by atoms with Crippen LogP contribution in [-0.4, -0.2) is 47.1 Å². The van der Waals surface area contributed by atoms with Gasteiger partial charge in [-0.1, -0.05) is 6.42 Å². The summed E-state index contributed by atoms with van der Waals surface area (Å²) in [5.41, 5.74) is -0.230. The van der Waals surface area contributed by atoms with Crippen molar-refractivity contribution in [2.75, 3.05) is 20.2 Å². The number of rotatable bonds is 5. The largest absolute Gasteiger partial charge is 0.491 e. The molecule has 1 aliphatic rings. The van der Waals surface area contributed by atoms with Gasteiger partial charge in [-0.05, 0) is 32.5 Å². The average molecular weight is 294 g/mol. The monoisotopic (exact) mass is 294 g/mol. The van der Waals surface area contributed by atoms with Crippen molar-refractivity contribution in [2.24, 2.45) is 0 Å². The number of carbonyl (C=O) groups is 1. The number of ether oxygens (including phenoxy) is 1. The minimum Gasteiger partial charge on any atom is -0.491 e. The fraction of sp³-hybridized carbons (Fsp3) is 0.500. The molecule has 1 heterocycles. The number of nitrogens with zero attached hydrogens (tertiary/aromatic N) is 2. The van der Waals surface area contributed by atoms with E-state index in [0.29, 0.717) is 6.61 Å². The van der Waals surface area contributed by atoms with Gasteiger partial charge in [-0.15, -0.1) is 0 Å². The van der Waals surface area contributed by atoms with E-state index in [1.54, 1.807) is 0 Å². The number of likely N-dealkylation sites (N-methyl/N-ethyl adjacent to an activating group) is 1. The van der Waals surface area contributed by atoms with Crippen LogP contribution in [-0.2, 0) is 0 Å². The van der Waals surface area contributed by atoms with Crippen LogP contribution in [0.15, 0.2) is 18.2 Å². The van der Waals surface area contributed by atoms with Crippen LogP contribution in [0.1, 0.15) is 29.6 Å². The molecule has 0 bridgehead atoms. The van der Waals surface area contributed by atoms with Gasteiger partial charge in [0.15, 0.2) is 0 Å². The van der Waals surface area contributed by atoms with Gasteiger partial charge in [-0.25, -0.2) is 4.79 Å². The van der Waals surface area contributed by atoms with Gasteiger partial charge in [0, 0.05) is 12.1 Å². The van der Waals surface area contributed by atoms with Crippen molar-refractivity contribution >= 4 is 11.7 Å². The third kappa shape index (κ3) is 3.69. The number of non-ortho nitro benzene ring substituents is 1. The van der Waals surface area contributed by atoms with Crippen molar-refractivity contribution in [3.05, 3.63) is 33.9 Å². The predicted molar refractivity (Wildman–Crippen MR) is 75.8 cm³/mol. The molecule has 1 aliphatic heterocycles. The van der Waals surface area contributed by atoms with Crippen molar-refractivity contribution in [3.63, 3.8) is 0 Å². The summed E-state index contributed by atoms with van der Waals surface area (Å²) in [6.45, 7) is 1.31. The molecule has 0 radical (unpaired) electrons. The third-order valence-electron chi connectivity index (χ3n) is 3.76. The van der Waals surface area contributed by atoms with Gasteiger partial charge < -0.3 is 14.7 Å². The molecule has 1 saturated heterocycles. The molecular weight excluding hydrogens is 276 g/mol. The van der Waals surface area contributed by atoms with E-state index in [1.165, 1.54) is 18.2 Å². The van der Waals surface area contributed by atoms with Crippen LogP contribution < -0.4 is 4.74 Å². The Hall–Kier alpha value is -2.15. The summed E-state index contributed by atoms with van der Waals surface area (Å²) in [5.74, 6) is -1.10. The number of benzene rings is 1. The molecule has 1 aromatic rings. The quantitative estimate of drug-likeness (QED) is 0.660. The zero-order chi connectivity index (χ0) is 15.4. The number of nitro benzene ring substituents is 1. The Morgan fingerprint density at radius 2 is 2.29 bits per heavy atom. The zero-order valence-electron chi connectivity index (χ0n) is 11.8. The third-order valence-corrected chi connectivity index (χ3v) is 3.76. The fourth-order valence-electron chi connectivity index (χ4n) is 2.46. The van der Waals surface area contributed by atoms with Gasteiger partial charge in [0.25, 0.3) is 5.69 Å². The Morgan fingerprint density at radius 1 is 1.52 bits per heavy atom. The Kier molecular flexibility index (Phi) is 4.74. The highest BCUT2D eigenvalue weighted by atomic mass is 16.6. The molecule has 114 valence electrons. The number of hydrogen-bond acceptors (Lipinski definition) is 5. The lowest BCUT2D eigenvalue weighted by molar-refractivity contribution is -0.384. The molecule has 2 rings (SSSR count). The first-order valence-corrected chi connectivity index (χ1v) is 6.84. The molecule has 1 atom stereocenters. The number of carboxylic acids is 1. The van der Waals surface area contributed by atoms with E-state index >= 15 is 0 Å². The minimum atomic E-state index is -1.16. The summed E-state index contributed by atoms with van der Waals surface area (Å²) in [7, 11) is 2.00. The lowest BCUT2D eigenvalue weighted by atomic mass is 10.0. The molecule has 21 heavy (non-hydrogen) atoms. The molecule has 0 aliphatic carbocycles. The molecule has 1 unspecified atom stereocenters. The highest BCUT2D eigenvalue weighted by Crippen LogP contribution is 2.26. The van der Waals surface area contributed by atoms with Crippen molar-refractivity contribution in [3.8, 4) is 5.75 Å². The fourth-order valence-corrected chi connectivity index (χ4v) is 2.46. The van der Waals surface area contributed by atoms with Crippen LogP contribution in [0.3, 0.4) is 0 Å². The average Bonchev–Trinajstić information content (AvgIpc) is 2.46. The molecule has 7 nitrogen and oxygen atoms in total. The standard InChI is InChI=1S/C14H18N2O5/c1-15-7-3-2-4-11(15)9-21-13-8-10(16(19)20)5-6-12(13)14(17)18/h5-6,8,11H,2-4,7,9H2,1H3,(H,17,18). The van der Waals surface area contributed by atoms with E-state index in [-0.39, 0.29) is 23.0 Å². The predicted octanol–water partition coefficient (Wildman–Crippen LogP) is 2.16. The van der Waals surface area contributed by atoms with Gasteiger partial charge in [0.1, 0.15) is 17.9 Å². The van der Waals surface area contributed by atoms with Gasteiger partial charge >= 0.3 is 5.97 Å². The number of aromatic carboxylic acids is 1. The van der Waals surface area contributed by atoms with Gasteiger partial charge in [-0.3, -0.25) is 10.1 Å². The second-order valence-corrected chi connectivity index (χ2v) is 5.18. The Labute approximate surface area is 122 Å². The molecule has 1 aromatic carbocycles. The van der Waals surface area contributed by atoms with Crippen molar-refractivity contribution in [1.29, 1.82) is 0 Å². The zero-order valence-corrected chi connectivity index (χ0v) is 11.8. The molecule has 0 saturated carbocycles. The van der Waals surface area contributed by atoms with Crippen LogP contribution in [0.5, 0.6) is 5.75 Å². The smallest absolute Gasteiger partial charge is 0.339 e. The van der Waals surface area contributed by atoms with E-state index in [2.05, 4.69) is 4.90 Å². The van der Waals surface area contributed by atoms with E-state index in [0.717, 1.165) is 25.8 Å². The van der Waals surface area contributed by atoms with Crippen LogP contribution in [0, 0.1) is 10.1 Å². The highest BCUT2D eigenvalue weighted by Gasteiger charge is 2.22. The lowest BCUT2D eigenvalue weighted by Crippen LogP contribution is -2.40. The number of likely N-dealkylation sites (tertiary alicyclic amines) is 1. The molecule has 1 fully saturated rings. The summed E-state index contributed by atoms with van der Waals surface area (Å²) in [6, 6.07) is 3.76. The maximum Gasteiger partial charge on any atom is 0.339 e. The van der Waals surface area contributed by atoms with Gasteiger partial charge in [0.05, 0.1) is 11.0 Å². The molecule has 0 amide bonds. The first-order valence-electron chi connectivity index (χ1n) is 6.84. The van der Waals surface area contributed by atoms with E-state index in [4.69, 9.17) is 9.84 Å². The maximum absolute atomic E-state index is 11.2. The minimum absolute atomic E-state index is 0.0515. The first-order chi connectivity index (χ1) is 9.99. The molecule has 0 spiro atoms. The normalized spacial score (nSPS) is 19.2. The summed E-state index contributed by atoms with van der Waals surface area (Å²) in [4.78, 5) is 23.5. The van der Waals surface area contributed by atoms with E-state index in [1.807, 2.05) is 7.05 Å². The topological polar surface area (TPSA) is 92.9 Å². The maximum atomic E-state index is 11.2. The van der Waals surface area contributed by atoms with Crippen LogP contribution in [0.4, 0.5) is 5.69 Å². The second kappa shape index (κ2) is 6.53. The molecule has 7 heteroatoms. The summed E-state index contributed by atoms with van der Waals surface area (Å²) in [6.07, 6.45) is 3.23. The summed E-state index contributed by atoms with van der Waals surface area (Å²) in [5, 5.41) is 19.9. The highest BCUT2D eigenvalue weighted by molar-refractivity contribution is 5.91. The number of carboxylic acid groups (broad SMARTS) is 1. The number of hydrogen-bond donors (Lipinski definition) is 1. The molecular formula is C14H18N2O5. The van der Waals surface area contributed by atoms with Crippen molar-refractivity contribution < 1.29 is 19.6 Å². The van der Waals surface area contributed by atoms with Gasteiger partial charge in [0.2, 0.25) is 0 Å². The van der Waals surface area contributed by atoms with Crippen molar-refractivity contribution in [2.45, 2.75) is 25.3 Å². The Bertz CT molecular complexity index is 546.